The Labute approximate surface area is 153 Å². The smallest absolute Gasteiger partial charge is 0.303 e. The molecule has 0 aromatic heterocycles. The summed E-state index contributed by atoms with van der Waals surface area (Å²) in [6.45, 7) is 2.15. The van der Waals surface area contributed by atoms with E-state index in [1.54, 1.807) is 14.2 Å². The van der Waals surface area contributed by atoms with Crippen LogP contribution in [0.1, 0.15) is 77.6 Å². The van der Waals surface area contributed by atoms with E-state index in [9.17, 15) is 9.90 Å². The molecular weight excluding hydrogens is 320 g/mol. The number of hydrogen-bond acceptors (Lipinski definition) is 4. The van der Waals surface area contributed by atoms with Crippen molar-refractivity contribution in [2.24, 2.45) is 0 Å². The van der Waals surface area contributed by atoms with E-state index in [2.05, 4.69) is 6.92 Å². The standard InChI is InChI=1S/C20H38O5/c1-4-5-9-13-18(21)19(25-3)16-15-17(24-2)12-10-7-6-8-11-14-20(22)23/h15-19,21H,4-14H2,1-3H3,(H,22,23)/b16-15+. The Hall–Kier alpha value is -0.910. The van der Waals surface area contributed by atoms with Gasteiger partial charge in [0, 0.05) is 20.6 Å². The molecule has 3 unspecified atom stereocenters. The molecule has 5 nitrogen and oxygen atoms in total. The number of aliphatic hydroxyl groups excluding tert-OH is 1. The van der Waals surface area contributed by atoms with Gasteiger partial charge in [0.25, 0.3) is 0 Å². The third-order valence-electron chi connectivity index (χ3n) is 4.45. The van der Waals surface area contributed by atoms with E-state index in [1.807, 2.05) is 12.2 Å². The summed E-state index contributed by atoms with van der Waals surface area (Å²) in [4.78, 5) is 10.4. The first kappa shape index (κ1) is 24.1. The summed E-state index contributed by atoms with van der Waals surface area (Å²) >= 11 is 0. The van der Waals surface area contributed by atoms with Crippen LogP contribution in [-0.4, -0.2) is 48.7 Å². The summed E-state index contributed by atoms with van der Waals surface area (Å²) in [6.07, 6.45) is 13.3. The van der Waals surface area contributed by atoms with Gasteiger partial charge in [-0.1, -0.05) is 64.0 Å². The van der Waals surface area contributed by atoms with Crippen LogP contribution in [0.25, 0.3) is 0 Å². The summed E-state index contributed by atoms with van der Waals surface area (Å²) in [6, 6.07) is 0. The van der Waals surface area contributed by atoms with Gasteiger partial charge in [-0.2, -0.15) is 0 Å². The largest absolute Gasteiger partial charge is 0.481 e. The molecule has 0 spiro atoms. The van der Waals surface area contributed by atoms with Crippen molar-refractivity contribution in [2.75, 3.05) is 14.2 Å². The van der Waals surface area contributed by atoms with Gasteiger partial charge in [0.2, 0.25) is 0 Å². The molecule has 0 amide bonds. The molecule has 0 aliphatic heterocycles. The van der Waals surface area contributed by atoms with E-state index in [0.29, 0.717) is 0 Å². The number of methoxy groups -OCH3 is 2. The number of rotatable bonds is 17. The van der Waals surface area contributed by atoms with Crippen LogP contribution in [0.5, 0.6) is 0 Å². The van der Waals surface area contributed by atoms with Crippen molar-refractivity contribution in [3.63, 3.8) is 0 Å². The first-order chi connectivity index (χ1) is 12.0. The normalized spacial score (nSPS) is 15.4. The highest BCUT2D eigenvalue weighted by Crippen LogP contribution is 2.14. The molecule has 148 valence electrons. The maximum atomic E-state index is 10.4. The second-order valence-electron chi connectivity index (χ2n) is 6.62. The lowest BCUT2D eigenvalue weighted by atomic mass is 10.0. The highest BCUT2D eigenvalue weighted by Gasteiger charge is 2.15. The van der Waals surface area contributed by atoms with Crippen LogP contribution in [-0.2, 0) is 14.3 Å². The third kappa shape index (κ3) is 14.0. The van der Waals surface area contributed by atoms with Gasteiger partial charge < -0.3 is 19.7 Å². The molecule has 0 radical (unpaired) electrons. The summed E-state index contributed by atoms with van der Waals surface area (Å²) in [5, 5.41) is 18.8. The number of unbranched alkanes of at least 4 members (excludes halogenated alkanes) is 6. The average molecular weight is 359 g/mol. The summed E-state index contributed by atoms with van der Waals surface area (Å²) in [5.74, 6) is -0.714. The van der Waals surface area contributed by atoms with Gasteiger partial charge >= 0.3 is 5.97 Å². The molecule has 0 aliphatic carbocycles. The van der Waals surface area contributed by atoms with Crippen LogP contribution in [0.3, 0.4) is 0 Å². The molecule has 0 bridgehead atoms. The lowest BCUT2D eigenvalue weighted by Crippen LogP contribution is -2.26. The Morgan fingerprint density at radius 2 is 1.56 bits per heavy atom. The Morgan fingerprint density at radius 3 is 2.16 bits per heavy atom. The monoisotopic (exact) mass is 358 g/mol. The molecule has 2 N–H and O–H groups in total. The summed E-state index contributed by atoms with van der Waals surface area (Å²) in [7, 11) is 3.32. The van der Waals surface area contributed by atoms with Crippen LogP contribution < -0.4 is 0 Å². The van der Waals surface area contributed by atoms with E-state index in [-0.39, 0.29) is 18.6 Å². The van der Waals surface area contributed by atoms with Gasteiger partial charge in [-0.05, 0) is 19.3 Å². The van der Waals surface area contributed by atoms with Gasteiger partial charge in [-0.15, -0.1) is 0 Å². The van der Waals surface area contributed by atoms with Crippen LogP contribution in [0.2, 0.25) is 0 Å². The molecule has 0 fully saturated rings. The maximum absolute atomic E-state index is 10.4. The van der Waals surface area contributed by atoms with Gasteiger partial charge in [-0.3, -0.25) is 4.79 Å². The number of aliphatic hydroxyl groups is 1. The molecule has 5 heteroatoms. The van der Waals surface area contributed by atoms with E-state index < -0.39 is 12.1 Å². The molecule has 0 saturated heterocycles. The first-order valence-electron chi connectivity index (χ1n) is 9.68. The van der Waals surface area contributed by atoms with E-state index in [1.165, 1.54) is 0 Å². The molecule has 0 aliphatic rings. The number of carbonyl (C=O) groups is 1. The van der Waals surface area contributed by atoms with Crippen LogP contribution in [0.15, 0.2) is 12.2 Å². The molecular formula is C20H38O5. The van der Waals surface area contributed by atoms with Crippen molar-refractivity contribution >= 4 is 5.97 Å². The predicted octanol–water partition coefficient (Wildman–Crippen LogP) is 4.33. The van der Waals surface area contributed by atoms with E-state index >= 15 is 0 Å². The minimum Gasteiger partial charge on any atom is -0.481 e. The van der Waals surface area contributed by atoms with Gasteiger partial charge in [-0.25, -0.2) is 0 Å². The predicted molar refractivity (Wildman–Crippen MR) is 101 cm³/mol. The van der Waals surface area contributed by atoms with Gasteiger partial charge in [0.1, 0.15) is 6.10 Å². The average Bonchev–Trinajstić information content (AvgIpc) is 2.59. The molecule has 0 saturated carbocycles. The highest BCUT2D eigenvalue weighted by molar-refractivity contribution is 5.66. The first-order valence-corrected chi connectivity index (χ1v) is 9.68. The Morgan fingerprint density at radius 1 is 0.920 bits per heavy atom. The minimum atomic E-state index is -0.714. The molecule has 3 atom stereocenters. The zero-order chi connectivity index (χ0) is 18.9. The summed E-state index contributed by atoms with van der Waals surface area (Å²) < 4.78 is 10.9. The SMILES string of the molecule is CCCCCC(O)C(/C=C/C(CCCCCCCC(=O)O)OC)OC. The Kier molecular flexibility index (Phi) is 16.0. The molecule has 0 aromatic carbocycles. The minimum absolute atomic E-state index is 0.0273. The van der Waals surface area contributed by atoms with E-state index in [0.717, 1.165) is 64.2 Å². The number of ether oxygens (including phenoxy) is 2. The molecule has 25 heavy (non-hydrogen) atoms. The molecule has 0 heterocycles. The fourth-order valence-corrected chi connectivity index (χ4v) is 2.81. The number of hydrogen-bond donors (Lipinski definition) is 2. The second kappa shape index (κ2) is 16.6. The van der Waals surface area contributed by atoms with Gasteiger partial charge in [0.05, 0.1) is 12.2 Å². The van der Waals surface area contributed by atoms with Crippen LogP contribution in [0.4, 0.5) is 0 Å². The molecule has 0 rings (SSSR count). The Balaban J connectivity index is 4.01. The van der Waals surface area contributed by atoms with Crippen molar-refractivity contribution in [3.05, 3.63) is 12.2 Å². The fraction of sp³-hybridized carbons (Fsp3) is 0.850. The fourth-order valence-electron chi connectivity index (χ4n) is 2.81. The number of carboxylic acids is 1. The Bertz CT molecular complexity index is 343. The summed E-state index contributed by atoms with van der Waals surface area (Å²) in [5.41, 5.74) is 0. The van der Waals surface area contributed by atoms with Gasteiger partial charge in [0.15, 0.2) is 0 Å². The highest BCUT2D eigenvalue weighted by atomic mass is 16.5. The van der Waals surface area contributed by atoms with Crippen molar-refractivity contribution in [3.8, 4) is 0 Å². The van der Waals surface area contributed by atoms with Crippen molar-refractivity contribution in [2.45, 2.75) is 95.9 Å². The second-order valence-corrected chi connectivity index (χ2v) is 6.62. The zero-order valence-electron chi connectivity index (χ0n) is 16.3. The maximum Gasteiger partial charge on any atom is 0.303 e. The van der Waals surface area contributed by atoms with E-state index in [4.69, 9.17) is 14.6 Å². The molecule has 0 aromatic rings. The van der Waals surface area contributed by atoms with Crippen molar-refractivity contribution < 1.29 is 24.5 Å². The lowest BCUT2D eigenvalue weighted by Gasteiger charge is -2.19. The topological polar surface area (TPSA) is 76.0 Å². The van der Waals surface area contributed by atoms with Crippen molar-refractivity contribution in [1.29, 1.82) is 0 Å². The van der Waals surface area contributed by atoms with Crippen molar-refractivity contribution in [1.82, 2.24) is 0 Å². The quantitative estimate of drug-likeness (QED) is 0.299. The number of carboxylic acid groups (broad SMARTS) is 1. The number of aliphatic carboxylic acids is 1. The lowest BCUT2D eigenvalue weighted by molar-refractivity contribution is -0.137. The zero-order valence-corrected chi connectivity index (χ0v) is 16.3. The third-order valence-corrected chi connectivity index (χ3v) is 4.45. The van der Waals surface area contributed by atoms with Crippen LogP contribution >= 0.6 is 0 Å². The van der Waals surface area contributed by atoms with Crippen LogP contribution in [0, 0.1) is 0 Å².